The molecule has 25 N–H and O–H groups in total. The second-order valence-electron chi connectivity index (χ2n) is 20.8. The fourth-order valence-corrected chi connectivity index (χ4v) is 7.84. The summed E-state index contributed by atoms with van der Waals surface area (Å²) in [6.45, 7) is 5.92. The van der Waals surface area contributed by atoms with E-state index in [1.807, 2.05) is 0 Å². The zero-order valence-electron chi connectivity index (χ0n) is 48.7. The number of aliphatic hydroxyl groups excluding tert-OH is 1. The highest BCUT2D eigenvalue weighted by atomic mass is 16.4. The van der Waals surface area contributed by atoms with Crippen LogP contribution in [0, 0.1) is 11.8 Å². The molecule has 10 atom stereocenters. The van der Waals surface area contributed by atoms with Crippen molar-refractivity contribution in [2.75, 3.05) is 19.7 Å². The van der Waals surface area contributed by atoms with E-state index in [9.17, 15) is 87.2 Å². The fourth-order valence-electron chi connectivity index (χ4n) is 7.84. The molecule has 0 aliphatic carbocycles. The maximum Gasteiger partial charge on any atom is 0.326 e. The maximum absolute atomic E-state index is 14.0. The van der Waals surface area contributed by atoms with Gasteiger partial charge in [-0.1, -0.05) is 27.7 Å². The number of imidazole rings is 1. The van der Waals surface area contributed by atoms with Crippen molar-refractivity contribution in [3.63, 3.8) is 0 Å². The minimum absolute atomic E-state index is 0.00289. The summed E-state index contributed by atoms with van der Waals surface area (Å²) < 4.78 is 0. The van der Waals surface area contributed by atoms with Crippen LogP contribution >= 0.6 is 0 Å². The van der Waals surface area contributed by atoms with Gasteiger partial charge in [-0.3, -0.25) is 72.1 Å². The number of hydrogen-bond acceptors (Lipinski definition) is 19. The maximum atomic E-state index is 14.0. The molecule has 37 nitrogen and oxygen atoms in total. The van der Waals surface area contributed by atoms with Gasteiger partial charge in [0.05, 0.1) is 38.4 Å². The third-order valence-corrected chi connectivity index (χ3v) is 12.2. The number of carboxylic acids is 3. The van der Waals surface area contributed by atoms with Gasteiger partial charge in [0.2, 0.25) is 70.9 Å². The van der Waals surface area contributed by atoms with Crippen LogP contribution in [-0.2, 0) is 78.3 Å². The largest absolute Gasteiger partial charge is 0.481 e. The molecule has 1 aromatic heterocycles. The molecule has 37 heteroatoms. The molecule has 486 valence electrons. The molecule has 0 aromatic carbocycles. The number of aliphatic carboxylic acids is 3. The lowest BCUT2D eigenvalue weighted by molar-refractivity contribution is -0.143. The van der Waals surface area contributed by atoms with Crippen molar-refractivity contribution in [2.45, 2.75) is 166 Å². The highest BCUT2D eigenvalue weighted by Gasteiger charge is 2.36. The number of nitrogens with two attached hydrogens (primary N) is 5. The number of nitrogens with one attached hydrogen (secondary N) is 11. The number of rotatable bonds is 42. The Morgan fingerprint density at radius 2 is 0.966 bits per heavy atom. The Balaban J connectivity index is 3.28. The number of amides is 12. The molecule has 0 aliphatic heterocycles. The Hall–Kier alpha value is -9.55. The van der Waals surface area contributed by atoms with Crippen LogP contribution in [0.15, 0.2) is 17.5 Å². The molecule has 0 saturated carbocycles. The van der Waals surface area contributed by atoms with Crippen LogP contribution in [0.25, 0.3) is 0 Å². The first-order valence-electron chi connectivity index (χ1n) is 27.3. The average Bonchev–Trinajstić information content (AvgIpc) is 3.50. The van der Waals surface area contributed by atoms with E-state index >= 15 is 0 Å². The van der Waals surface area contributed by atoms with Crippen molar-refractivity contribution in [3.8, 4) is 0 Å². The van der Waals surface area contributed by atoms with Crippen LogP contribution < -0.4 is 81.8 Å². The molecule has 1 heterocycles. The van der Waals surface area contributed by atoms with E-state index < -0.39 is 201 Å². The first-order chi connectivity index (χ1) is 40.6. The number of aromatic nitrogens is 2. The standard InChI is InChI=1S/C50H82N18O19/c1-22(2)13-30(44(81)66-32(15-25-18-56-21-59-25)46(83)64-29(49(86)87)9-11-39(75)76)61-37(72)19-58-40(77)24(5)60-48(85)34(20-69)68-42(79)27(7-6-12-57-50(54)55)63-45(82)31(14-23(3)4)65-47(84)33(17-36(53)71)67-43(80)28(8-10-38(73)74)62-41(78)26(51)16-35(52)70/h18,21-24,26-34,69H,6-17,19-20,51H2,1-5H3,(H2,52,70)(H2,53,71)(H,56,59)(H,58,77)(H,60,85)(H,61,72)(H,62,78)(H,63,82)(H,64,83)(H,65,84)(H,66,81)(H,67,80)(H,68,79)(H,73,74)(H,75,76)(H,86,87)(H4,54,55,57)/t24-,26-,27-,28-,29-,30-,31-,32-,33-,34-/m0/s1. The summed E-state index contributed by atoms with van der Waals surface area (Å²) >= 11 is 0. The number of primary amides is 2. The summed E-state index contributed by atoms with van der Waals surface area (Å²) in [7, 11) is 0. The van der Waals surface area contributed by atoms with Gasteiger partial charge in [0.15, 0.2) is 5.96 Å². The number of carboxylic acid groups (broad SMARTS) is 3. The zero-order chi connectivity index (χ0) is 66.2. The minimum Gasteiger partial charge on any atom is -0.481 e. The van der Waals surface area contributed by atoms with Crippen LogP contribution in [0.3, 0.4) is 0 Å². The number of aromatic amines is 1. The minimum atomic E-state index is -1.86. The zero-order valence-corrected chi connectivity index (χ0v) is 48.7. The number of aliphatic hydroxyl groups is 1. The third kappa shape index (κ3) is 30.7. The molecule has 12 amide bonds. The van der Waals surface area contributed by atoms with Gasteiger partial charge in [0.25, 0.3) is 0 Å². The summed E-state index contributed by atoms with van der Waals surface area (Å²) in [6.07, 6.45) is -1.96. The predicted molar refractivity (Wildman–Crippen MR) is 301 cm³/mol. The summed E-state index contributed by atoms with van der Waals surface area (Å²) in [6, 6.07) is -16.0. The van der Waals surface area contributed by atoms with Gasteiger partial charge in [-0.25, -0.2) is 9.78 Å². The number of aliphatic imine (C=N–C) groups is 1. The smallest absolute Gasteiger partial charge is 0.326 e. The summed E-state index contributed by atoms with van der Waals surface area (Å²) in [4.78, 5) is 203. The quantitative estimate of drug-likeness (QED) is 0.0164. The van der Waals surface area contributed by atoms with Gasteiger partial charge in [0.1, 0.15) is 54.4 Å². The van der Waals surface area contributed by atoms with E-state index in [2.05, 4.69) is 68.1 Å². The number of carbonyl (C=O) groups is 15. The number of hydrogen-bond donors (Lipinski definition) is 20. The molecule has 0 bridgehead atoms. The van der Waals surface area contributed by atoms with Gasteiger partial charge >= 0.3 is 17.9 Å². The normalized spacial score (nSPS) is 14.4. The van der Waals surface area contributed by atoms with Gasteiger partial charge in [0, 0.05) is 37.7 Å². The Bertz CT molecular complexity index is 2620. The molecular formula is C50H82N18O19. The van der Waals surface area contributed by atoms with Gasteiger partial charge in [-0.2, -0.15) is 0 Å². The Labute approximate surface area is 498 Å². The van der Waals surface area contributed by atoms with Crippen molar-refractivity contribution >= 4 is 94.8 Å². The van der Waals surface area contributed by atoms with E-state index in [-0.39, 0.29) is 56.4 Å². The molecule has 1 rings (SSSR count). The summed E-state index contributed by atoms with van der Waals surface area (Å²) in [5.74, 6) is -17.9. The van der Waals surface area contributed by atoms with Gasteiger partial charge < -0.3 is 107 Å². The van der Waals surface area contributed by atoms with Crippen LogP contribution in [0.5, 0.6) is 0 Å². The highest BCUT2D eigenvalue weighted by molar-refractivity contribution is 5.99. The van der Waals surface area contributed by atoms with E-state index in [1.54, 1.807) is 27.7 Å². The number of H-pyrrole nitrogens is 1. The predicted octanol–water partition coefficient (Wildman–Crippen LogP) is -8.52. The number of nitrogens with zero attached hydrogens (tertiary/aromatic N) is 2. The lowest BCUT2D eigenvalue weighted by Crippen LogP contribution is -2.60. The number of carbonyl (C=O) groups excluding carboxylic acids is 12. The van der Waals surface area contributed by atoms with Crippen LogP contribution in [0.2, 0.25) is 0 Å². The lowest BCUT2D eigenvalue weighted by Gasteiger charge is -2.27. The second kappa shape index (κ2) is 38.4. The highest BCUT2D eigenvalue weighted by Crippen LogP contribution is 2.11. The second-order valence-corrected chi connectivity index (χ2v) is 20.8. The Morgan fingerprint density at radius 3 is 1.46 bits per heavy atom. The Morgan fingerprint density at radius 1 is 0.529 bits per heavy atom. The van der Waals surface area contributed by atoms with Crippen molar-refractivity contribution < 1.29 is 92.3 Å². The molecule has 1 aromatic rings. The molecule has 0 spiro atoms. The lowest BCUT2D eigenvalue weighted by atomic mass is 10.0. The van der Waals surface area contributed by atoms with E-state index in [4.69, 9.17) is 33.8 Å². The van der Waals surface area contributed by atoms with Crippen molar-refractivity contribution in [1.82, 2.24) is 63.1 Å². The van der Waals surface area contributed by atoms with Crippen molar-refractivity contribution in [3.05, 3.63) is 18.2 Å². The molecule has 0 aliphatic rings. The molecule has 87 heavy (non-hydrogen) atoms. The first kappa shape index (κ1) is 75.5. The SMILES string of the molecule is CC(C)C[C@H](NC(=O)CNC(=O)[C@H](C)NC(=O)[C@H](CO)NC(=O)[C@H](CCCN=C(N)N)NC(=O)[C@H](CC(C)C)NC(=O)[C@H](CC(N)=O)NC(=O)[C@H](CCC(=O)O)NC(=O)[C@@H](N)CC(N)=O)C(=O)N[C@@H](Cc1cnc[nH]1)C(=O)N[C@@H](CCC(=O)O)C(=O)O. The molecule has 0 saturated heterocycles. The first-order valence-corrected chi connectivity index (χ1v) is 27.3. The molecule has 0 radical (unpaired) electrons. The van der Waals surface area contributed by atoms with Gasteiger partial charge in [-0.15, -0.1) is 0 Å². The van der Waals surface area contributed by atoms with Gasteiger partial charge in [-0.05, 0) is 57.3 Å². The van der Waals surface area contributed by atoms with E-state index in [0.717, 1.165) is 0 Å². The molecular weight excluding hydrogens is 1160 g/mol. The van der Waals surface area contributed by atoms with Crippen LogP contribution in [0.4, 0.5) is 0 Å². The molecule has 0 unspecified atom stereocenters. The average molecular weight is 1240 g/mol. The fraction of sp³-hybridized carbons (Fsp3) is 0.620. The third-order valence-electron chi connectivity index (χ3n) is 12.2. The number of guanidine groups is 1. The topological polar surface area (TPSA) is 628 Å². The Kier molecular flexibility index (Phi) is 33.3. The van der Waals surface area contributed by atoms with Crippen molar-refractivity contribution in [1.29, 1.82) is 0 Å². The molecule has 0 fully saturated rings. The van der Waals surface area contributed by atoms with Crippen LogP contribution in [0.1, 0.15) is 105 Å². The summed E-state index contributed by atoms with van der Waals surface area (Å²) in [5, 5.41) is 61.3. The van der Waals surface area contributed by atoms with Crippen LogP contribution in [-0.4, -0.2) is 205 Å². The van der Waals surface area contributed by atoms with E-state index in [1.165, 1.54) is 19.4 Å². The monoisotopic (exact) mass is 1240 g/mol. The summed E-state index contributed by atoms with van der Waals surface area (Å²) in [5.41, 5.74) is 27.3. The van der Waals surface area contributed by atoms with Crippen molar-refractivity contribution in [2.24, 2.45) is 45.5 Å². The van der Waals surface area contributed by atoms with E-state index in [0.29, 0.717) is 5.69 Å².